The first-order valence-corrected chi connectivity index (χ1v) is 8.81. The molecular formula is C12H22N4O3S. The molecule has 7 nitrogen and oxygen atoms in total. The predicted octanol–water partition coefficient (Wildman–Crippen LogP) is 0.672. The van der Waals surface area contributed by atoms with Gasteiger partial charge in [0.2, 0.25) is 15.9 Å². The highest BCUT2D eigenvalue weighted by molar-refractivity contribution is 7.88. The maximum Gasteiger partial charge on any atom is 0.240 e. The lowest BCUT2D eigenvalue weighted by Crippen LogP contribution is -2.41. The zero-order valence-electron chi connectivity index (χ0n) is 12.0. The van der Waals surface area contributed by atoms with E-state index in [-0.39, 0.29) is 0 Å². The van der Waals surface area contributed by atoms with Gasteiger partial charge < -0.3 is 4.52 Å². The standard InChI is InChI=1S/C12H22N4O3S/c1-10-14-12(19-15-10)9-16-8-4-3-5-11(16)6-7-13-20(2,17)18/h11,13H,3-9H2,1-2H3/t11-/m1/s1. The largest absolute Gasteiger partial charge is 0.338 e. The number of likely N-dealkylation sites (tertiary alicyclic amines) is 1. The fourth-order valence-electron chi connectivity index (χ4n) is 2.58. The van der Waals surface area contributed by atoms with Crippen molar-refractivity contribution >= 4 is 10.0 Å². The van der Waals surface area contributed by atoms with Crippen LogP contribution in [-0.4, -0.2) is 48.8 Å². The summed E-state index contributed by atoms with van der Waals surface area (Å²) in [5.74, 6) is 1.28. The zero-order valence-corrected chi connectivity index (χ0v) is 12.8. The Balaban J connectivity index is 1.88. The van der Waals surface area contributed by atoms with Gasteiger partial charge in [-0.25, -0.2) is 13.1 Å². The van der Waals surface area contributed by atoms with Crippen LogP contribution in [0.3, 0.4) is 0 Å². The van der Waals surface area contributed by atoms with E-state index >= 15 is 0 Å². The van der Waals surface area contributed by atoms with Crippen LogP contribution in [0.1, 0.15) is 37.4 Å². The molecular weight excluding hydrogens is 280 g/mol. The minimum absolute atomic E-state index is 0.366. The molecule has 1 aromatic rings. The highest BCUT2D eigenvalue weighted by Crippen LogP contribution is 2.21. The molecule has 1 fully saturated rings. The van der Waals surface area contributed by atoms with Gasteiger partial charge in [0, 0.05) is 12.6 Å². The molecule has 1 aromatic heterocycles. The second kappa shape index (κ2) is 6.64. The van der Waals surface area contributed by atoms with Crippen LogP contribution in [0.4, 0.5) is 0 Å². The molecule has 1 aliphatic heterocycles. The lowest BCUT2D eigenvalue weighted by molar-refractivity contribution is 0.118. The number of aromatic nitrogens is 2. The molecule has 2 heterocycles. The Labute approximate surface area is 119 Å². The average molecular weight is 302 g/mol. The van der Waals surface area contributed by atoms with Crippen molar-refractivity contribution in [2.75, 3.05) is 19.3 Å². The van der Waals surface area contributed by atoms with Crippen molar-refractivity contribution in [1.82, 2.24) is 19.8 Å². The molecule has 0 saturated carbocycles. The maximum atomic E-state index is 11.1. The first kappa shape index (κ1) is 15.4. The van der Waals surface area contributed by atoms with Crippen molar-refractivity contribution in [2.45, 2.75) is 45.2 Å². The molecule has 0 radical (unpaired) electrons. The van der Waals surface area contributed by atoms with Crippen LogP contribution in [0.2, 0.25) is 0 Å². The van der Waals surface area contributed by atoms with Gasteiger partial charge in [-0.2, -0.15) is 4.98 Å². The molecule has 1 atom stereocenters. The Hall–Kier alpha value is -0.990. The summed E-state index contributed by atoms with van der Waals surface area (Å²) in [6, 6.07) is 0.366. The van der Waals surface area contributed by atoms with Crippen molar-refractivity contribution in [3.05, 3.63) is 11.7 Å². The normalized spacial score (nSPS) is 21.2. The van der Waals surface area contributed by atoms with Crippen LogP contribution < -0.4 is 4.72 Å². The van der Waals surface area contributed by atoms with Crippen LogP contribution >= 0.6 is 0 Å². The Morgan fingerprint density at radius 3 is 2.90 bits per heavy atom. The van der Waals surface area contributed by atoms with Crippen molar-refractivity contribution in [3.8, 4) is 0 Å². The van der Waals surface area contributed by atoms with E-state index in [4.69, 9.17) is 4.52 Å². The molecule has 20 heavy (non-hydrogen) atoms. The van der Waals surface area contributed by atoms with Crippen LogP contribution in [0, 0.1) is 6.92 Å². The van der Waals surface area contributed by atoms with Gasteiger partial charge in [-0.1, -0.05) is 11.6 Å². The molecule has 0 spiro atoms. The summed E-state index contributed by atoms with van der Waals surface area (Å²) < 4.78 is 29.9. The molecule has 0 amide bonds. The highest BCUT2D eigenvalue weighted by atomic mass is 32.2. The highest BCUT2D eigenvalue weighted by Gasteiger charge is 2.24. The summed E-state index contributed by atoms with van der Waals surface area (Å²) >= 11 is 0. The number of aryl methyl sites for hydroxylation is 1. The fraction of sp³-hybridized carbons (Fsp3) is 0.833. The van der Waals surface area contributed by atoms with Gasteiger partial charge in [0.05, 0.1) is 12.8 Å². The maximum absolute atomic E-state index is 11.1. The van der Waals surface area contributed by atoms with Gasteiger partial charge >= 0.3 is 0 Å². The molecule has 2 rings (SSSR count). The van der Waals surface area contributed by atoms with E-state index in [1.54, 1.807) is 6.92 Å². The lowest BCUT2D eigenvalue weighted by atomic mass is 9.99. The summed E-state index contributed by atoms with van der Waals surface area (Å²) in [5, 5.41) is 3.80. The van der Waals surface area contributed by atoms with Gasteiger partial charge in [-0.3, -0.25) is 4.90 Å². The van der Waals surface area contributed by atoms with Gasteiger partial charge in [-0.15, -0.1) is 0 Å². The second-order valence-electron chi connectivity index (χ2n) is 5.31. The molecule has 0 aliphatic carbocycles. The van der Waals surface area contributed by atoms with Crippen LogP contribution in [0.5, 0.6) is 0 Å². The van der Waals surface area contributed by atoms with Gasteiger partial charge in [0.25, 0.3) is 0 Å². The topological polar surface area (TPSA) is 88.3 Å². The van der Waals surface area contributed by atoms with Gasteiger partial charge in [-0.05, 0) is 32.7 Å². The SMILES string of the molecule is Cc1noc(CN2CCCC[C@@H]2CCNS(C)(=O)=O)n1. The summed E-state index contributed by atoms with van der Waals surface area (Å²) in [4.78, 5) is 6.53. The molecule has 114 valence electrons. The van der Waals surface area contributed by atoms with Crippen molar-refractivity contribution in [3.63, 3.8) is 0 Å². The number of nitrogens with one attached hydrogen (secondary N) is 1. The lowest BCUT2D eigenvalue weighted by Gasteiger charge is -2.34. The zero-order chi connectivity index (χ0) is 14.6. The molecule has 1 aliphatic rings. The molecule has 8 heteroatoms. The van der Waals surface area contributed by atoms with Gasteiger partial charge in [0.1, 0.15) is 0 Å². The van der Waals surface area contributed by atoms with Crippen molar-refractivity contribution < 1.29 is 12.9 Å². The number of nitrogens with zero attached hydrogens (tertiary/aromatic N) is 3. The average Bonchev–Trinajstić information content (AvgIpc) is 2.75. The van der Waals surface area contributed by atoms with E-state index < -0.39 is 10.0 Å². The third-order valence-electron chi connectivity index (χ3n) is 3.50. The van der Waals surface area contributed by atoms with E-state index in [9.17, 15) is 8.42 Å². The summed E-state index contributed by atoms with van der Waals surface area (Å²) in [7, 11) is -3.11. The molecule has 0 aromatic carbocycles. The van der Waals surface area contributed by atoms with Crippen molar-refractivity contribution in [1.29, 1.82) is 0 Å². The van der Waals surface area contributed by atoms with Crippen LogP contribution in [-0.2, 0) is 16.6 Å². The van der Waals surface area contributed by atoms with Crippen molar-refractivity contribution in [2.24, 2.45) is 0 Å². The Bertz CT molecular complexity index is 529. The predicted molar refractivity (Wildman–Crippen MR) is 74.5 cm³/mol. The van der Waals surface area contributed by atoms with E-state index in [2.05, 4.69) is 19.8 Å². The van der Waals surface area contributed by atoms with E-state index in [1.165, 1.54) is 12.7 Å². The summed E-state index contributed by atoms with van der Waals surface area (Å²) in [6.07, 6.45) is 5.41. The third kappa shape index (κ3) is 4.84. The van der Waals surface area contributed by atoms with Crippen LogP contribution in [0.15, 0.2) is 4.52 Å². The molecule has 0 bridgehead atoms. The van der Waals surface area contributed by atoms with E-state index in [0.29, 0.717) is 30.8 Å². The quantitative estimate of drug-likeness (QED) is 0.831. The van der Waals surface area contributed by atoms with Gasteiger partial charge in [0.15, 0.2) is 5.82 Å². The Kier molecular flexibility index (Phi) is 5.11. The molecule has 1 N–H and O–H groups in total. The minimum atomic E-state index is -3.11. The first-order valence-electron chi connectivity index (χ1n) is 6.92. The van der Waals surface area contributed by atoms with E-state index in [0.717, 1.165) is 25.8 Å². The number of piperidine rings is 1. The third-order valence-corrected chi connectivity index (χ3v) is 4.23. The second-order valence-corrected chi connectivity index (χ2v) is 7.14. The van der Waals surface area contributed by atoms with E-state index in [1.807, 2.05) is 0 Å². The Morgan fingerprint density at radius 1 is 1.45 bits per heavy atom. The number of hydrogen-bond donors (Lipinski definition) is 1. The molecule has 0 unspecified atom stereocenters. The fourth-order valence-corrected chi connectivity index (χ4v) is 3.07. The molecule has 1 saturated heterocycles. The summed E-state index contributed by atoms with van der Waals surface area (Å²) in [6.45, 7) is 3.91. The first-order chi connectivity index (χ1) is 9.44. The number of rotatable bonds is 6. The smallest absolute Gasteiger partial charge is 0.240 e. The number of sulfonamides is 1. The van der Waals surface area contributed by atoms with Crippen LogP contribution in [0.25, 0.3) is 0 Å². The minimum Gasteiger partial charge on any atom is -0.338 e. The summed E-state index contributed by atoms with van der Waals surface area (Å²) in [5.41, 5.74) is 0. The number of hydrogen-bond acceptors (Lipinski definition) is 6. The Morgan fingerprint density at radius 2 is 2.25 bits per heavy atom. The monoisotopic (exact) mass is 302 g/mol.